The van der Waals surface area contributed by atoms with Crippen molar-refractivity contribution in [2.75, 3.05) is 6.61 Å². The summed E-state index contributed by atoms with van der Waals surface area (Å²) in [6.07, 6.45) is 62.8. The van der Waals surface area contributed by atoms with Crippen molar-refractivity contribution in [3.63, 3.8) is 0 Å². The van der Waals surface area contributed by atoms with Gasteiger partial charge in [0.05, 0.1) is 25.2 Å². The Kier molecular flexibility index (Phi) is 48.6. The van der Waals surface area contributed by atoms with Gasteiger partial charge in [-0.05, 0) is 83.5 Å². The van der Waals surface area contributed by atoms with E-state index < -0.39 is 18.2 Å². The lowest BCUT2D eigenvalue weighted by molar-refractivity contribution is -0.151. The Morgan fingerprint density at radius 1 is 0.476 bits per heavy atom. The van der Waals surface area contributed by atoms with Gasteiger partial charge in [0, 0.05) is 6.42 Å². The molecule has 3 N–H and O–H groups in total. The number of ether oxygens (including phenoxy) is 1. The number of allylic oxidation sites excluding steroid dienone is 10. The predicted octanol–water partition coefficient (Wildman–Crippen LogP) is 16.4. The van der Waals surface area contributed by atoms with Gasteiger partial charge >= 0.3 is 5.97 Å². The second-order valence-electron chi connectivity index (χ2n) is 18.2. The van der Waals surface area contributed by atoms with E-state index in [0.29, 0.717) is 19.3 Å². The molecule has 1 amide bonds. The molecule has 63 heavy (non-hydrogen) atoms. The third-order valence-corrected chi connectivity index (χ3v) is 12.1. The summed E-state index contributed by atoms with van der Waals surface area (Å²) < 4.78 is 5.91. The van der Waals surface area contributed by atoms with Gasteiger partial charge < -0.3 is 20.3 Å². The molecular weight excluding hydrogens is 779 g/mol. The molecular formula is C57H103NO5. The first kappa shape index (κ1) is 60.6. The molecule has 0 spiro atoms. The van der Waals surface area contributed by atoms with E-state index in [1.807, 2.05) is 0 Å². The molecule has 0 rings (SSSR count). The van der Waals surface area contributed by atoms with Gasteiger partial charge in [0.2, 0.25) is 5.91 Å². The Morgan fingerprint density at radius 3 is 1.37 bits per heavy atom. The largest absolute Gasteiger partial charge is 0.462 e. The second-order valence-corrected chi connectivity index (χ2v) is 18.2. The summed E-state index contributed by atoms with van der Waals surface area (Å²) in [5.74, 6) is -0.529. The molecule has 0 aromatic carbocycles. The van der Waals surface area contributed by atoms with Crippen LogP contribution in [0.25, 0.3) is 0 Å². The summed E-state index contributed by atoms with van der Waals surface area (Å²) >= 11 is 0. The first-order valence-electron chi connectivity index (χ1n) is 27.0. The third-order valence-electron chi connectivity index (χ3n) is 12.1. The minimum atomic E-state index is -0.804. The van der Waals surface area contributed by atoms with E-state index >= 15 is 0 Å². The Morgan fingerprint density at radius 2 is 0.873 bits per heavy atom. The predicted molar refractivity (Wildman–Crippen MR) is 273 cm³/mol. The van der Waals surface area contributed by atoms with Crippen LogP contribution in [0.5, 0.6) is 0 Å². The Hall–Kier alpha value is -2.44. The number of hydrogen-bond acceptors (Lipinski definition) is 5. The lowest BCUT2D eigenvalue weighted by Crippen LogP contribution is -2.46. The smallest absolute Gasteiger partial charge is 0.306 e. The molecule has 0 aliphatic carbocycles. The number of amides is 1. The molecule has 6 nitrogen and oxygen atoms in total. The molecule has 0 aromatic heterocycles. The van der Waals surface area contributed by atoms with Crippen LogP contribution in [0, 0.1) is 0 Å². The van der Waals surface area contributed by atoms with Crippen LogP contribution in [0.3, 0.4) is 0 Å². The SMILES string of the molecule is CC/C=C/C/C=C/C/C=C/C/C=C/CCCC(CC(=O)NC(CO)C(O)CCCCCCCCCCCCCCCCC)OC(=O)CCCCCCCCC/C=C\CCCCCC. The zero-order chi connectivity index (χ0) is 45.9. The van der Waals surface area contributed by atoms with Gasteiger partial charge in [-0.1, -0.05) is 229 Å². The topological polar surface area (TPSA) is 95.9 Å². The Bertz CT molecular complexity index is 1130. The van der Waals surface area contributed by atoms with Gasteiger partial charge in [0.1, 0.15) is 6.10 Å². The lowest BCUT2D eigenvalue weighted by Gasteiger charge is -2.24. The monoisotopic (exact) mass is 882 g/mol. The van der Waals surface area contributed by atoms with E-state index in [9.17, 15) is 19.8 Å². The maximum atomic E-state index is 13.2. The highest BCUT2D eigenvalue weighted by Crippen LogP contribution is 2.17. The zero-order valence-corrected chi connectivity index (χ0v) is 41.7. The van der Waals surface area contributed by atoms with Crippen LogP contribution in [0.15, 0.2) is 60.8 Å². The van der Waals surface area contributed by atoms with Crippen LogP contribution in [0.2, 0.25) is 0 Å². The van der Waals surface area contributed by atoms with E-state index in [2.05, 4.69) is 86.8 Å². The minimum absolute atomic E-state index is 0.0379. The fourth-order valence-corrected chi connectivity index (χ4v) is 8.01. The normalized spacial score (nSPS) is 13.7. The van der Waals surface area contributed by atoms with Gasteiger partial charge in [0.25, 0.3) is 0 Å². The van der Waals surface area contributed by atoms with Crippen molar-refractivity contribution in [3.8, 4) is 0 Å². The van der Waals surface area contributed by atoms with E-state index in [-0.39, 0.29) is 24.9 Å². The molecule has 6 heteroatoms. The average molecular weight is 882 g/mol. The summed E-state index contributed by atoms with van der Waals surface area (Å²) in [4.78, 5) is 26.2. The minimum Gasteiger partial charge on any atom is -0.462 e. The number of carbonyl (C=O) groups is 2. The lowest BCUT2D eigenvalue weighted by atomic mass is 10.0. The van der Waals surface area contributed by atoms with Crippen molar-refractivity contribution in [1.29, 1.82) is 0 Å². The van der Waals surface area contributed by atoms with Gasteiger partial charge in [0.15, 0.2) is 0 Å². The van der Waals surface area contributed by atoms with E-state index in [4.69, 9.17) is 4.74 Å². The number of esters is 1. The quantitative estimate of drug-likeness (QED) is 0.0321. The fourth-order valence-electron chi connectivity index (χ4n) is 8.01. The van der Waals surface area contributed by atoms with Crippen LogP contribution in [0.1, 0.15) is 265 Å². The first-order chi connectivity index (χ1) is 31.0. The molecule has 0 aliphatic rings. The number of aliphatic hydroxyl groups excluding tert-OH is 2. The van der Waals surface area contributed by atoms with Crippen molar-refractivity contribution in [2.24, 2.45) is 0 Å². The molecule has 0 aliphatic heterocycles. The molecule has 0 radical (unpaired) electrons. The highest BCUT2D eigenvalue weighted by Gasteiger charge is 2.24. The van der Waals surface area contributed by atoms with Crippen molar-refractivity contribution in [2.45, 2.75) is 283 Å². The molecule has 3 atom stereocenters. The number of hydrogen-bond donors (Lipinski definition) is 3. The van der Waals surface area contributed by atoms with E-state index in [0.717, 1.165) is 77.0 Å². The molecule has 0 saturated heterocycles. The summed E-state index contributed by atoms with van der Waals surface area (Å²) in [7, 11) is 0. The number of aliphatic hydroxyl groups is 2. The molecule has 366 valence electrons. The van der Waals surface area contributed by atoms with Crippen molar-refractivity contribution < 1.29 is 24.5 Å². The third kappa shape index (κ3) is 45.9. The van der Waals surface area contributed by atoms with Crippen molar-refractivity contribution in [1.82, 2.24) is 5.32 Å². The zero-order valence-electron chi connectivity index (χ0n) is 41.7. The maximum Gasteiger partial charge on any atom is 0.306 e. The second kappa shape index (κ2) is 50.6. The molecule has 0 saturated carbocycles. The summed E-state index contributed by atoms with van der Waals surface area (Å²) in [6.45, 7) is 6.35. The first-order valence-corrected chi connectivity index (χ1v) is 27.0. The number of rotatable bonds is 48. The van der Waals surface area contributed by atoms with Crippen LogP contribution in [0.4, 0.5) is 0 Å². The highest BCUT2D eigenvalue weighted by atomic mass is 16.5. The molecule has 0 fully saturated rings. The average Bonchev–Trinajstić information content (AvgIpc) is 3.28. The standard InChI is InChI=1S/C57H103NO5/c1-4-7-10-13-16-19-22-25-28-31-34-37-40-43-46-49-55(60)54(52-59)58-56(61)51-53(48-45-42-39-36-33-30-27-24-21-18-15-12-9-6-3)63-57(62)50-47-44-41-38-35-32-29-26-23-20-17-14-11-8-5-2/h9,12,18,20-21,23,27,30,36,39,53-55,59-60H,4-8,10-11,13-17,19,22,24-26,28-29,31-35,37-38,40-52H2,1-3H3,(H,58,61)/b12-9+,21-18+,23-20-,30-27+,39-36+. The Labute approximate surface area is 390 Å². The van der Waals surface area contributed by atoms with Gasteiger partial charge in [-0.15, -0.1) is 0 Å². The molecule has 3 unspecified atom stereocenters. The maximum absolute atomic E-state index is 13.2. The van der Waals surface area contributed by atoms with E-state index in [1.54, 1.807) is 0 Å². The summed E-state index contributed by atoms with van der Waals surface area (Å²) in [5, 5.41) is 23.8. The number of carbonyl (C=O) groups excluding carboxylic acids is 2. The van der Waals surface area contributed by atoms with Crippen LogP contribution < -0.4 is 5.32 Å². The molecule has 0 bridgehead atoms. The summed E-state index contributed by atoms with van der Waals surface area (Å²) in [5.41, 5.74) is 0. The highest BCUT2D eigenvalue weighted by molar-refractivity contribution is 5.77. The van der Waals surface area contributed by atoms with Crippen LogP contribution >= 0.6 is 0 Å². The number of nitrogens with one attached hydrogen (secondary N) is 1. The fraction of sp³-hybridized carbons (Fsp3) is 0.789. The van der Waals surface area contributed by atoms with Crippen LogP contribution in [-0.2, 0) is 14.3 Å². The van der Waals surface area contributed by atoms with Crippen molar-refractivity contribution >= 4 is 11.9 Å². The van der Waals surface area contributed by atoms with Crippen molar-refractivity contribution in [3.05, 3.63) is 60.8 Å². The van der Waals surface area contributed by atoms with Crippen LogP contribution in [-0.4, -0.2) is 46.9 Å². The number of unbranched alkanes of at least 4 members (excludes halogenated alkanes) is 26. The van der Waals surface area contributed by atoms with Gasteiger partial charge in [-0.25, -0.2) is 0 Å². The Balaban J connectivity index is 4.63. The molecule has 0 heterocycles. The molecule has 0 aromatic rings. The van der Waals surface area contributed by atoms with E-state index in [1.165, 1.54) is 141 Å². The van der Waals surface area contributed by atoms with Gasteiger partial charge in [-0.2, -0.15) is 0 Å². The van der Waals surface area contributed by atoms with Gasteiger partial charge in [-0.3, -0.25) is 9.59 Å². The summed E-state index contributed by atoms with van der Waals surface area (Å²) in [6, 6.07) is -0.721.